The molecule has 0 aliphatic rings. The van der Waals surface area contributed by atoms with E-state index in [-0.39, 0.29) is 16.6 Å². The Labute approximate surface area is 143 Å². The molecule has 0 saturated carbocycles. The van der Waals surface area contributed by atoms with E-state index in [0.717, 1.165) is 5.75 Å². The van der Waals surface area contributed by atoms with Crippen LogP contribution in [0.4, 0.5) is 11.4 Å². The van der Waals surface area contributed by atoms with Gasteiger partial charge in [0.05, 0.1) is 11.9 Å². The highest BCUT2D eigenvalue weighted by molar-refractivity contribution is 9.10. The summed E-state index contributed by atoms with van der Waals surface area (Å²) in [6.07, 6.45) is 0. The summed E-state index contributed by atoms with van der Waals surface area (Å²) in [5, 5.41) is 5.53. The maximum absolute atomic E-state index is 12.3. The molecule has 0 aliphatic heterocycles. The zero-order valence-electron chi connectivity index (χ0n) is 12.8. The number of halogens is 1. The summed E-state index contributed by atoms with van der Waals surface area (Å²) in [7, 11) is 1.58. The molecule has 2 rings (SSSR count). The van der Waals surface area contributed by atoms with Crippen molar-refractivity contribution in [3.63, 3.8) is 0 Å². The van der Waals surface area contributed by atoms with Crippen LogP contribution in [0.25, 0.3) is 0 Å². The van der Waals surface area contributed by atoms with E-state index in [9.17, 15) is 9.59 Å². The summed E-state index contributed by atoms with van der Waals surface area (Å²) in [6, 6.07) is 13.8. The third kappa shape index (κ3) is 4.82. The number of hydrogen-bond donors (Lipinski definition) is 2. The molecule has 23 heavy (non-hydrogen) atoms. The van der Waals surface area contributed by atoms with Gasteiger partial charge >= 0.3 is 0 Å². The predicted molar refractivity (Wildman–Crippen MR) is 94.4 cm³/mol. The third-order valence-electron chi connectivity index (χ3n) is 3.10. The van der Waals surface area contributed by atoms with Crippen LogP contribution in [0, 0.1) is 0 Å². The minimum absolute atomic E-state index is 0.169. The van der Waals surface area contributed by atoms with Crippen LogP contribution in [-0.4, -0.2) is 23.8 Å². The summed E-state index contributed by atoms with van der Waals surface area (Å²) in [4.78, 5) is 23.6. The number of alkyl halides is 1. The van der Waals surface area contributed by atoms with Crippen molar-refractivity contribution in [1.29, 1.82) is 0 Å². The largest absolute Gasteiger partial charge is 0.497 e. The summed E-state index contributed by atoms with van der Waals surface area (Å²) < 4.78 is 5.07. The van der Waals surface area contributed by atoms with Crippen LogP contribution in [0.15, 0.2) is 48.5 Å². The van der Waals surface area contributed by atoms with Crippen LogP contribution in [0.5, 0.6) is 5.75 Å². The summed E-state index contributed by atoms with van der Waals surface area (Å²) in [5.41, 5.74) is 1.70. The molecule has 2 amide bonds. The van der Waals surface area contributed by atoms with E-state index in [4.69, 9.17) is 4.74 Å². The number of anilines is 2. The van der Waals surface area contributed by atoms with Crippen molar-refractivity contribution >= 4 is 39.1 Å². The van der Waals surface area contributed by atoms with Crippen LogP contribution < -0.4 is 15.4 Å². The number of benzene rings is 2. The number of hydrogen-bond acceptors (Lipinski definition) is 3. The molecule has 2 aromatic rings. The zero-order chi connectivity index (χ0) is 16.8. The maximum atomic E-state index is 12.3. The number of amides is 2. The Morgan fingerprint density at radius 2 is 1.74 bits per heavy atom. The average molecular weight is 377 g/mol. The maximum Gasteiger partial charge on any atom is 0.255 e. The van der Waals surface area contributed by atoms with Crippen molar-refractivity contribution in [2.75, 3.05) is 17.7 Å². The highest BCUT2D eigenvalue weighted by Crippen LogP contribution is 2.17. The molecule has 1 atom stereocenters. The summed E-state index contributed by atoms with van der Waals surface area (Å²) in [5.74, 6) is 0.299. The third-order valence-corrected chi connectivity index (χ3v) is 3.52. The molecule has 2 aromatic carbocycles. The lowest BCUT2D eigenvalue weighted by Crippen LogP contribution is -2.20. The van der Waals surface area contributed by atoms with E-state index in [1.165, 1.54) is 0 Å². The van der Waals surface area contributed by atoms with Gasteiger partial charge in [-0.25, -0.2) is 0 Å². The SMILES string of the molecule is COc1ccc(NC(=O)c2cccc(NC(=O)C(C)Br)c2)cc1. The van der Waals surface area contributed by atoms with Crippen LogP contribution in [0.1, 0.15) is 17.3 Å². The molecule has 0 bridgehead atoms. The highest BCUT2D eigenvalue weighted by atomic mass is 79.9. The van der Waals surface area contributed by atoms with E-state index in [1.54, 1.807) is 62.6 Å². The van der Waals surface area contributed by atoms with Gasteiger partial charge in [-0.1, -0.05) is 22.0 Å². The van der Waals surface area contributed by atoms with Gasteiger partial charge < -0.3 is 15.4 Å². The molecule has 0 saturated heterocycles. The fourth-order valence-electron chi connectivity index (χ4n) is 1.86. The first-order valence-electron chi connectivity index (χ1n) is 7.00. The molecule has 5 nitrogen and oxygen atoms in total. The lowest BCUT2D eigenvalue weighted by Gasteiger charge is -2.09. The average Bonchev–Trinajstić information content (AvgIpc) is 2.55. The van der Waals surface area contributed by atoms with Gasteiger partial charge in [-0.3, -0.25) is 9.59 Å². The molecule has 0 aromatic heterocycles. The topological polar surface area (TPSA) is 67.4 Å². The highest BCUT2D eigenvalue weighted by Gasteiger charge is 2.11. The van der Waals surface area contributed by atoms with Gasteiger partial charge in [0.1, 0.15) is 5.75 Å². The first-order chi connectivity index (χ1) is 11.0. The summed E-state index contributed by atoms with van der Waals surface area (Å²) >= 11 is 3.20. The zero-order valence-corrected chi connectivity index (χ0v) is 14.4. The van der Waals surface area contributed by atoms with Crippen molar-refractivity contribution in [2.45, 2.75) is 11.8 Å². The quantitative estimate of drug-likeness (QED) is 0.782. The van der Waals surface area contributed by atoms with Gasteiger partial charge in [0.25, 0.3) is 5.91 Å². The van der Waals surface area contributed by atoms with Gasteiger partial charge in [0, 0.05) is 16.9 Å². The standard InChI is InChI=1S/C17H17BrN2O3/c1-11(18)16(21)20-14-5-3-4-12(10-14)17(22)19-13-6-8-15(23-2)9-7-13/h3-11H,1-2H3,(H,19,22)(H,20,21). The van der Waals surface area contributed by atoms with Gasteiger partial charge in [0.2, 0.25) is 5.91 Å². The molecule has 2 N–H and O–H groups in total. The monoisotopic (exact) mass is 376 g/mol. The Hall–Kier alpha value is -2.34. The Balaban J connectivity index is 2.08. The van der Waals surface area contributed by atoms with Crippen molar-refractivity contribution in [1.82, 2.24) is 0 Å². The molecule has 1 unspecified atom stereocenters. The fraction of sp³-hybridized carbons (Fsp3) is 0.176. The van der Waals surface area contributed by atoms with Crippen molar-refractivity contribution in [3.8, 4) is 5.75 Å². The number of carbonyl (C=O) groups is 2. The molecular formula is C17H17BrN2O3. The van der Waals surface area contributed by atoms with E-state index in [1.807, 2.05) is 0 Å². The van der Waals surface area contributed by atoms with E-state index in [0.29, 0.717) is 16.9 Å². The smallest absolute Gasteiger partial charge is 0.255 e. The Bertz CT molecular complexity index is 699. The molecule has 0 spiro atoms. The Morgan fingerprint density at radius 3 is 2.35 bits per heavy atom. The fourth-order valence-corrected chi connectivity index (χ4v) is 1.97. The Kier molecular flexibility index (Phi) is 5.76. The van der Waals surface area contributed by atoms with Gasteiger partial charge in [0.15, 0.2) is 0 Å². The van der Waals surface area contributed by atoms with Crippen molar-refractivity contribution in [3.05, 3.63) is 54.1 Å². The summed E-state index contributed by atoms with van der Waals surface area (Å²) in [6.45, 7) is 1.73. The number of nitrogens with one attached hydrogen (secondary N) is 2. The van der Waals surface area contributed by atoms with Crippen molar-refractivity contribution < 1.29 is 14.3 Å². The lowest BCUT2D eigenvalue weighted by atomic mass is 10.1. The molecule has 6 heteroatoms. The minimum atomic E-state index is -0.306. The van der Waals surface area contributed by atoms with Gasteiger partial charge in [-0.15, -0.1) is 0 Å². The number of methoxy groups -OCH3 is 1. The molecule has 0 radical (unpaired) electrons. The van der Waals surface area contributed by atoms with Crippen molar-refractivity contribution in [2.24, 2.45) is 0 Å². The van der Waals surface area contributed by atoms with Gasteiger partial charge in [-0.05, 0) is 49.4 Å². The number of rotatable bonds is 5. The lowest BCUT2D eigenvalue weighted by molar-refractivity contribution is -0.115. The van der Waals surface area contributed by atoms with Crippen LogP contribution in [0.3, 0.4) is 0 Å². The van der Waals surface area contributed by atoms with E-state index in [2.05, 4.69) is 26.6 Å². The number of ether oxygens (including phenoxy) is 1. The second kappa shape index (κ2) is 7.78. The minimum Gasteiger partial charge on any atom is -0.497 e. The van der Waals surface area contributed by atoms with Crippen LogP contribution in [0.2, 0.25) is 0 Å². The Morgan fingerprint density at radius 1 is 1.04 bits per heavy atom. The van der Waals surface area contributed by atoms with Crippen LogP contribution >= 0.6 is 15.9 Å². The predicted octanol–water partition coefficient (Wildman–Crippen LogP) is 3.67. The van der Waals surface area contributed by atoms with Crippen LogP contribution in [-0.2, 0) is 4.79 Å². The second-order valence-corrected chi connectivity index (χ2v) is 6.24. The normalized spacial score (nSPS) is 11.4. The first-order valence-corrected chi connectivity index (χ1v) is 7.91. The molecule has 0 heterocycles. The molecule has 120 valence electrons. The van der Waals surface area contributed by atoms with Gasteiger partial charge in [-0.2, -0.15) is 0 Å². The van der Waals surface area contributed by atoms with E-state index >= 15 is 0 Å². The molecule has 0 aliphatic carbocycles. The first kappa shape index (κ1) is 17.0. The number of carbonyl (C=O) groups excluding carboxylic acids is 2. The second-order valence-electron chi connectivity index (χ2n) is 4.87. The molecule has 0 fully saturated rings. The van der Waals surface area contributed by atoms with E-state index < -0.39 is 0 Å². The molecular weight excluding hydrogens is 360 g/mol.